The monoisotopic (exact) mass is 274 g/mol. The van der Waals surface area contributed by atoms with Crippen molar-refractivity contribution in [2.45, 2.75) is 45.7 Å². The van der Waals surface area contributed by atoms with E-state index in [-0.39, 0.29) is 23.4 Å². The van der Waals surface area contributed by atoms with Gasteiger partial charge in [0.15, 0.2) is 0 Å². The summed E-state index contributed by atoms with van der Waals surface area (Å²) in [5, 5.41) is 2.95. The number of aryl methyl sites for hydroxylation is 1. The first-order valence-corrected chi connectivity index (χ1v) is 6.95. The van der Waals surface area contributed by atoms with Gasteiger partial charge >= 0.3 is 0 Å². The van der Waals surface area contributed by atoms with Crippen LogP contribution in [0.25, 0.3) is 0 Å². The third-order valence-electron chi connectivity index (χ3n) is 3.55. The molecule has 20 heavy (non-hydrogen) atoms. The Morgan fingerprint density at radius 2 is 2.05 bits per heavy atom. The Balaban J connectivity index is 2.02. The maximum atomic E-state index is 12.2. The number of hydrogen-bond donors (Lipinski definition) is 1. The number of nitrogens with one attached hydrogen (secondary N) is 1. The number of rotatable bonds is 2. The smallest absolute Gasteiger partial charge is 0.251 e. The highest BCUT2D eigenvalue weighted by Gasteiger charge is 2.36. The van der Waals surface area contributed by atoms with Crippen molar-refractivity contribution in [2.24, 2.45) is 0 Å². The van der Waals surface area contributed by atoms with Gasteiger partial charge in [-0.2, -0.15) is 0 Å². The number of nitrogens with zero attached hydrogens (tertiary/aromatic N) is 1. The Kier molecular flexibility index (Phi) is 3.84. The fourth-order valence-electron chi connectivity index (χ4n) is 2.51. The van der Waals surface area contributed by atoms with Crippen molar-refractivity contribution in [1.82, 2.24) is 10.2 Å². The molecule has 1 N–H and O–H groups in total. The summed E-state index contributed by atoms with van der Waals surface area (Å²) >= 11 is 0. The van der Waals surface area contributed by atoms with Crippen LogP contribution in [0.5, 0.6) is 0 Å². The molecule has 1 fully saturated rings. The lowest BCUT2D eigenvalue weighted by atomic mass is 10.1. The van der Waals surface area contributed by atoms with Crippen LogP contribution in [0, 0.1) is 6.92 Å². The number of benzene rings is 1. The molecule has 108 valence electrons. The van der Waals surface area contributed by atoms with E-state index >= 15 is 0 Å². The van der Waals surface area contributed by atoms with E-state index in [1.54, 1.807) is 6.07 Å². The van der Waals surface area contributed by atoms with Gasteiger partial charge in [0.05, 0.1) is 6.04 Å². The number of likely N-dealkylation sites (tertiary alicyclic amines) is 1. The van der Waals surface area contributed by atoms with Gasteiger partial charge in [0, 0.05) is 24.1 Å². The Morgan fingerprint density at radius 3 is 2.60 bits per heavy atom. The summed E-state index contributed by atoms with van der Waals surface area (Å²) in [5.41, 5.74) is 1.50. The van der Waals surface area contributed by atoms with Gasteiger partial charge in [-0.25, -0.2) is 0 Å². The third kappa shape index (κ3) is 3.18. The zero-order chi connectivity index (χ0) is 14.9. The molecule has 4 heteroatoms. The molecule has 0 radical (unpaired) electrons. The minimum atomic E-state index is -0.195. The Morgan fingerprint density at radius 1 is 1.35 bits per heavy atom. The second-order valence-electron chi connectivity index (χ2n) is 6.42. The maximum absolute atomic E-state index is 12.2. The van der Waals surface area contributed by atoms with Crippen molar-refractivity contribution >= 4 is 11.8 Å². The molecule has 1 aliphatic rings. The predicted molar refractivity (Wildman–Crippen MR) is 78.5 cm³/mol. The molecule has 0 bridgehead atoms. The highest BCUT2D eigenvalue weighted by atomic mass is 16.2. The minimum absolute atomic E-state index is 0.102. The van der Waals surface area contributed by atoms with Gasteiger partial charge < -0.3 is 10.2 Å². The van der Waals surface area contributed by atoms with Crippen LogP contribution in [-0.4, -0.2) is 34.8 Å². The molecule has 0 aliphatic carbocycles. The summed E-state index contributed by atoms with van der Waals surface area (Å²) in [7, 11) is 0. The molecule has 1 saturated heterocycles. The molecule has 0 spiro atoms. The number of carbonyl (C=O) groups is 2. The van der Waals surface area contributed by atoms with Crippen LogP contribution < -0.4 is 5.32 Å². The second kappa shape index (κ2) is 5.27. The third-order valence-corrected chi connectivity index (χ3v) is 3.55. The molecule has 0 saturated carbocycles. The highest BCUT2D eigenvalue weighted by Crippen LogP contribution is 2.22. The lowest BCUT2D eigenvalue weighted by molar-refractivity contribution is -0.131. The molecule has 1 atom stereocenters. The van der Waals surface area contributed by atoms with Crippen LogP contribution in [0.15, 0.2) is 24.3 Å². The molecule has 2 rings (SSSR count). The van der Waals surface area contributed by atoms with Crippen molar-refractivity contribution in [3.63, 3.8) is 0 Å². The van der Waals surface area contributed by atoms with Crippen LogP contribution in [0.3, 0.4) is 0 Å². The van der Waals surface area contributed by atoms with E-state index in [9.17, 15) is 9.59 Å². The second-order valence-corrected chi connectivity index (χ2v) is 6.42. The fourth-order valence-corrected chi connectivity index (χ4v) is 2.51. The lowest BCUT2D eigenvalue weighted by Crippen LogP contribution is -2.44. The van der Waals surface area contributed by atoms with E-state index in [0.29, 0.717) is 18.5 Å². The zero-order valence-corrected chi connectivity index (χ0v) is 12.6. The van der Waals surface area contributed by atoms with Crippen molar-refractivity contribution in [3.05, 3.63) is 35.4 Å². The quantitative estimate of drug-likeness (QED) is 0.898. The van der Waals surface area contributed by atoms with E-state index in [0.717, 1.165) is 5.56 Å². The van der Waals surface area contributed by atoms with Gasteiger partial charge in [0.25, 0.3) is 5.91 Å². The molecule has 0 aromatic heterocycles. The molecule has 1 aromatic carbocycles. The highest BCUT2D eigenvalue weighted by molar-refractivity contribution is 5.95. The SMILES string of the molecule is Cc1cccc(C(=O)NC2CC(=O)N(C(C)(C)C)C2)c1. The molecule has 1 aromatic rings. The Hall–Kier alpha value is -1.84. The number of hydrogen-bond acceptors (Lipinski definition) is 2. The van der Waals surface area contributed by atoms with E-state index in [4.69, 9.17) is 0 Å². The summed E-state index contributed by atoms with van der Waals surface area (Å²) in [4.78, 5) is 26.0. The first kappa shape index (κ1) is 14.6. The van der Waals surface area contributed by atoms with Crippen LogP contribution in [0.2, 0.25) is 0 Å². The van der Waals surface area contributed by atoms with Crippen molar-refractivity contribution < 1.29 is 9.59 Å². The maximum Gasteiger partial charge on any atom is 0.251 e. The van der Waals surface area contributed by atoms with Crippen molar-refractivity contribution in [2.75, 3.05) is 6.54 Å². The Labute approximate surface area is 120 Å². The van der Waals surface area contributed by atoms with Crippen molar-refractivity contribution in [1.29, 1.82) is 0 Å². The molecule has 1 aliphatic heterocycles. The van der Waals surface area contributed by atoms with Gasteiger partial charge in [0.2, 0.25) is 5.91 Å². The van der Waals surface area contributed by atoms with E-state index < -0.39 is 0 Å². The first-order chi connectivity index (χ1) is 9.27. The van der Waals surface area contributed by atoms with Crippen LogP contribution in [0.1, 0.15) is 43.1 Å². The van der Waals surface area contributed by atoms with Gasteiger partial charge in [0.1, 0.15) is 0 Å². The molecule has 2 amide bonds. The molecule has 1 unspecified atom stereocenters. The fraction of sp³-hybridized carbons (Fsp3) is 0.500. The molecular weight excluding hydrogens is 252 g/mol. The van der Waals surface area contributed by atoms with E-state index in [2.05, 4.69) is 5.32 Å². The molecule has 4 nitrogen and oxygen atoms in total. The van der Waals surface area contributed by atoms with Gasteiger partial charge in [-0.15, -0.1) is 0 Å². The molecular formula is C16H22N2O2. The largest absolute Gasteiger partial charge is 0.347 e. The van der Waals surface area contributed by atoms with Gasteiger partial charge in [-0.3, -0.25) is 9.59 Å². The average Bonchev–Trinajstić information content (AvgIpc) is 2.70. The summed E-state index contributed by atoms with van der Waals surface area (Å²) < 4.78 is 0. The topological polar surface area (TPSA) is 49.4 Å². The van der Waals surface area contributed by atoms with E-state index in [1.807, 2.05) is 50.8 Å². The molecule has 1 heterocycles. The zero-order valence-electron chi connectivity index (χ0n) is 12.6. The summed E-state index contributed by atoms with van der Waals surface area (Å²) in [5.74, 6) is -0.00528. The van der Waals surface area contributed by atoms with Gasteiger partial charge in [-0.05, 0) is 39.8 Å². The average molecular weight is 274 g/mol. The normalized spacial score (nSPS) is 19.3. The van der Waals surface area contributed by atoms with Crippen LogP contribution >= 0.6 is 0 Å². The lowest BCUT2D eigenvalue weighted by Gasteiger charge is -2.32. The van der Waals surface area contributed by atoms with Crippen LogP contribution in [0.4, 0.5) is 0 Å². The minimum Gasteiger partial charge on any atom is -0.347 e. The summed E-state index contributed by atoms with van der Waals surface area (Å²) in [6, 6.07) is 7.37. The number of carbonyl (C=O) groups excluding carboxylic acids is 2. The predicted octanol–water partition coefficient (Wildman–Crippen LogP) is 2.12. The summed E-state index contributed by atoms with van der Waals surface area (Å²) in [6.07, 6.45) is 0.384. The van der Waals surface area contributed by atoms with Gasteiger partial charge in [-0.1, -0.05) is 17.7 Å². The summed E-state index contributed by atoms with van der Waals surface area (Å²) in [6.45, 7) is 8.57. The van der Waals surface area contributed by atoms with E-state index in [1.165, 1.54) is 0 Å². The first-order valence-electron chi connectivity index (χ1n) is 6.95. The Bertz CT molecular complexity index is 532. The van der Waals surface area contributed by atoms with Crippen LogP contribution in [-0.2, 0) is 4.79 Å². The van der Waals surface area contributed by atoms with Crippen molar-refractivity contribution in [3.8, 4) is 0 Å². The number of amides is 2. The standard InChI is InChI=1S/C16H22N2O2/c1-11-6-5-7-12(8-11)15(20)17-13-9-14(19)18(10-13)16(2,3)4/h5-8,13H,9-10H2,1-4H3,(H,17,20).